The molecule has 2 saturated heterocycles. The van der Waals surface area contributed by atoms with Gasteiger partial charge in [0.1, 0.15) is 24.9 Å². The molecule has 1 aromatic carbocycles. The van der Waals surface area contributed by atoms with E-state index in [1.54, 1.807) is 0 Å². The predicted molar refractivity (Wildman–Crippen MR) is 108 cm³/mol. The van der Waals surface area contributed by atoms with Gasteiger partial charge in [0.05, 0.1) is 13.2 Å². The van der Waals surface area contributed by atoms with E-state index in [1.807, 2.05) is 32.0 Å². The summed E-state index contributed by atoms with van der Waals surface area (Å²) in [5, 5.41) is 14.1. The number of aliphatic hydroxyl groups excluding tert-OH is 1. The zero-order valence-electron chi connectivity index (χ0n) is 17.8. The minimum Gasteiger partial charge on any atom is -0.387 e. The average Bonchev–Trinajstić information content (AvgIpc) is 3.10. The Bertz CT molecular complexity index is 613. The average molecular weight is 410 g/mol. The van der Waals surface area contributed by atoms with E-state index < -0.39 is 29.9 Å². The van der Waals surface area contributed by atoms with Crippen molar-refractivity contribution in [3.63, 3.8) is 0 Å². The van der Waals surface area contributed by atoms with Gasteiger partial charge < -0.3 is 34.1 Å². The minimum atomic E-state index is -1.11. The number of rotatable bonds is 12. The molecular formula is C22H35NO6. The normalized spacial score (nSPS) is 30.6. The molecule has 3 rings (SSSR count). The third-order valence-corrected chi connectivity index (χ3v) is 5.14. The Morgan fingerprint density at radius 1 is 1.07 bits per heavy atom. The van der Waals surface area contributed by atoms with Crippen LogP contribution in [0.2, 0.25) is 0 Å². The van der Waals surface area contributed by atoms with Gasteiger partial charge in [0.25, 0.3) is 0 Å². The summed E-state index contributed by atoms with van der Waals surface area (Å²) in [6, 6.07) is 10.1. The second-order valence-electron chi connectivity index (χ2n) is 8.13. The third kappa shape index (κ3) is 5.98. The van der Waals surface area contributed by atoms with Crippen molar-refractivity contribution in [2.75, 3.05) is 33.0 Å². The van der Waals surface area contributed by atoms with Gasteiger partial charge in [0, 0.05) is 19.7 Å². The Morgan fingerprint density at radius 2 is 1.83 bits per heavy atom. The molecule has 0 aromatic heterocycles. The van der Waals surface area contributed by atoms with Gasteiger partial charge in [-0.3, -0.25) is 0 Å². The van der Waals surface area contributed by atoms with Crippen LogP contribution in [0.15, 0.2) is 30.3 Å². The second-order valence-corrected chi connectivity index (χ2v) is 8.13. The summed E-state index contributed by atoms with van der Waals surface area (Å²) in [5.41, 5.74) is 1.18. The van der Waals surface area contributed by atoms with E-state index in [0.717, 1.165) is 19.4 Å². The SMILES string of the molecule is CCCCOCCOC[C@@]12O[C@@H](CNCc3ccccc3)[C@@H](O)[C@@H]1OC(C)(C)O2. The lowest BCUT2D eigenvalue weighted by atomic mass is 10.1. The Morgan fingerprint density at radius 3 is 2.59 bits per heavy atom. The molecule has 0 amide bonds. The maximum atomic E-state index is 10.8. The van der Waals surface area contributed by atoms with Gasteiger partial charge in [-0.05, 0) is 25.8 Å². The van der Waals surface area contributed by atoms with Crippen molar-refractivity contribution in [2.24, 2.45) is 0 Å². The van der Waals surface area contributed by atoms with Gasteiger partial charge in [-0.15, -0.1) is 0 Å². The molecule has 29 heavy (non-hydrogen) atoms. The van der Waals surface area contributed by atoms with Gasteiger partial charge >= 0.3 is 0 Å². The summed E-state index contributed by atoms with van der Waals surface area (Å²) in [5.74, 6) is -1.94. The molecule has 2 aliphatic heterocycles. The molecule has 2 N–H and O–H groups in total. The number of hydrogen-bond acceptors (Lipinski definition) is 7. The molecule has 0 aliphatic carbocycles. The number of ether oxygens (including phenoxy) is 5. The van der Waals surface area contributed by atoms with Gasteiger partial charge in [0.15, 0.2) is 5.79 Å². The summed E-state index contributed by atoms with van der Waals surface area (Å²) in [7, 11) is 0. The van der Waals surface area contributed by atoms with Gasteiger partial charge in [0.2, 0.25) is 5.79 Å². The topological polar surface area (TPSA) is 78.4 Å². The number of benzene rings is 1. The highest BCUT2D eigenvalue weighted by atomic mass is 16.9. The molecule has 0 spiro atoms. The fraction of sp³-hybridized carbons (Fsp3) is 0.727. The lowest BCUT2D eigenvalue weighted by Crippen LogP contribution is -2.45. The van der Waals surface area contributed by atoms with E-state index in [2.05, 4.69) is 24.4 Å². The van der Waals surface area contributed by atoms with Crippen molar-refractivity contribution in [3.8, 4) is 0 Å². The number of nitrogens with one attached hydrogen (secondary N) is 1. The van der Waals surface area contributed by atoms with Crippen molar-refractivity contribution in [3.05, 3.63) is 35.9 Å². The van der Waals surface area contributed by atoms with Crippen LogP contribution in [0.5, 0.6) is 0 Å². The molecule has 164 valence electrons. The Balaban J connectivity index is 1.50. The lowest BCUT2D eigenvalue weighted by molar-refractivity contribution is -0.277. The van der Waals surface area contributed by atoms with E-state index in [-0.39, 0.29) is 6.61 Å². The number of aliphatic hydroxyl groups is 1. The zero-order chi connectivity index (χ0) is 20.7. The molecule has 2 fully saturated rings. The molecular weight excluding hydrogens is 374 g/mol. The van der Waals surface area contributed by atoms with Crippen LogP contribution in [0.25, 0.3) is 0 Å². The Hall–Kier alpha value is -1.06. The number of hydrogen-bond donors (Lipinski definition) is 2. The molecule has 2 aliphatic rings. The highest BCUT2D eigenvalue weighted by Gasteiger charge is 2.64. The Labute approximate surface area is 173 Å². The minimum absolute atomic E-state index is 0.185. The van der Waals surface area contributed by atoms with Crippen LogP contribution < -0.4 is 5.32 Å². The van der Waals surface area contributed by atoms with Crippen molar-refractivity contribution in [1.82, 2.24) is 5.32 Å². The zero-order valence-corrected chi connectivity index (χ0v) is 17.8. The molecule has 1 aromatic rings. The predicted octanol–water partition coefficient (Wildman–Crippen LogP) is 2.22. The molecule has 2 heterocycles. The quantitative estimate of drug-likeness (QED) is 0.513. The molecule has 0 saturated carbocycles. The molecule has 0 bridgehead atoms. The molecule has 0 radical (unpaired) electrons. The third-order valence-electron chi connectivity index (χ3n) is 5.14. The summed E-state index contributed by atoms with van der Waals surface area (Å²) >= 11 is 0. The highest BCUT2D eigenvalue weighted by Crippen LogP contribution is 2.45. The first-order chi connectivity index (χ1) is 14.0. The van der Waals surface area contributed by atoms with Crippen LogP contribution in [0, 0.1) is 0 Å². The fourth-order valence-electron chi connectivity index (χ4n) is 3.78. The first-order valence-corrected chi connectivity index (χ1v) is 10.6. The summed E-state index contributed by atoms with van der Waals surface area (Å²) in [6.45, 7) is 8.85. The monoisotopic (exact) mass is 409 g/mol. The largest absolute Gasteiger partial charge is 0.387 e. The lowest BCUT2D eigenvalue weighted by Gasteiger charge is -2.28. The van der Waals surface area contributed by atoms with Crippen LogP contribution >= 0.6 is 0 Å². The first-order valence-electron chi connectivity index (χ1n) is 10.6. The molecule has 0 unspecified atom stereocenters. The maximum absolute atomic E-state index is 10.8. The van der Waals surface area contributed by atoms with Crippen molar-refractivity contribution < 1.29 is 28.8 Å². The van der Waals surface area contributed by atoms with E-state index in [4.69, 9.17) is 23.7 Å². The second kappa shape index (κ2) is 10.3. The standard InChI is InChI=1S/C22H35NO6/c1-4-5-11-25-12-13-26-16-22-20(28-21(2,3)29-22)19(24)18(27-22)15-23-14-17-9-7-6-8-10-17/h6-10,18-20,23-24H,4-5,11-16H2,1-3H3/t18-,19+,20-,22-/m0/s1. The van der Waals surface area contributed by atoms with E-state index in [1.165, 1.54) is 5.56 Å². The van der Waals surface area contributed by atoms with Crippen LogP contribution in [0.4, 0.5) is 0 Å². The van der Waals surface area contributed by atoms with E-state index in [9.17, 15) is 5.11 Å². The highest BCUT2D eigenvalue weighted by molar-refractivity contribution is 5.14. The van der Waals surface area contributed by atoms with Crippen LogP contribution in [-0.4, -0.2) is 68.0 Å². The van der Waals surface area contributed by atoms with E-state index in [0.29, 0.717) is 26.3 Å². The smallest absolute Gasteiger partial charge is 0.224 e. The van der Waals surface area contributed by atoms with Crippen molar-refractivity contribution in [1.29, 1.82) is 0 Å². The fourth-order valence-corrected chi connectivity index (χ4v) is 3.78. The van der Waals surface area contributed by atoms with Crippen molar-refractivity contribution in [2.45, 2.75) is 70.0 Å². The maximum Gasteiger partial charge on any atom is 0.224 e. The van der Waals surface area contributed by atoms with Crippen molar-refractivity contribution >= 4 is 0 Å². The van der Waals surface area contributed by atoms with Gasteiger partial charge in [-0.25, -0.2) is 0 Å². The summed E-state index contributed by atoms with van der Waals surface area (Å²) < 4.78 is 29.5. The van der Waals surface area contributed by atoms with Crippen LogP contribution in [-0.2, 0) is 30.2 Å². The number of unbranched alkanes of at least 4 members (excludes halogenated alkanes) is 1. The van der Waals surface area contributed by atoms with E-state index >= 15 is 0 Å². The summed E-state index contributed by atoms with van der Waals surface area (Å²) in [6.07, 6.45) is 0.317. The number of fused-ring (bicyclic) bond motifs is 1. The summed E-state index contributed by atoms with van der Waals surface area (Å²) in [4.78, 5) is 0. The first kappa shape index (κ1) is 22.6. The Kier molecular flexibility index (Phi) is 8.04. The van der Waals surface area contributed by atoms with Crippen LogP contribution in [0.1, 0.15) is 39.2 Å². The molecule has 7 nitrogen and oxygen atoms in total. The van der Waals surface area contributed by atoms with Gasteiger partial charge in [-0.1, -0.05) is 43.7 Å². The van der Waals surface area contributed by atoms with Crippen LogP contribution in [0.3, 0.4) is 0 Å². The molecule has 4 atom stereocenters. The van der Waals surface area contributed by atoms with Gasteiger partial charge in [-0.2, -0.15) is 0 Å². The molecule has 7 heteroatoms.